The molecule has 0 aliphatic carbocycles. The van der Waals surface area contributed by atoms with Gasteiger partial charge in [0.15, 0.2) is 0 Å². The number of aromatic nitrogens is 3. The van der Waals surface area contributed by atoms with Gasteiger partial charge in [-0.3, -0.25) is 4.79 Å². The number of benzene rings is 1. The van der Waals surface area contributed by atoms with E-state index in [1.54, 1.807) is 18.3 Å². The number of hydrogen-bond acceptors (Lipinski definition) is 3. The third-order valence-corrected chi connectivity index (χ3v) is 4.42. The van der Waals surface area contributed by atoms with E-state index in [0.717, 1.165) is 40.2 Å². The molecule has 0 saturated heterocycles. The average molecular weight is 333 g/mol. The van der Waals surface area contributed by atoms with Crippen LogP contribution < -0.4 is 5.56 Å². The lowest BCUT2D eigenvalue weighted by Gasteiger charge is -2.09. The molecular weight excluding hydrogens is 318 g/mol. The highest BCUT2D eigenvalue weighted by Crippen LogP contribution is 2.30. The van der Waals surface area contributed by atoms with Crippen molar-refractivity contribution in [2.24, 2.45) is 0 Å². The van der Waals surface area contributed by atoms with Crippen molar-refractivity contribution in [2.45, 2.75) is 13.3 Å². The summed E-state index contributed by atoms with van der Waals surface area (Å²) < 4.78 is 0. The van der Waals surface area contributed by atoms with E-state index in [1.807, 2.05) is 18.3 Å². The lowest BCUT2D eigenvalue weighted by Crippen LogP contribution is -2.10. The van der Waals surface area contributed by atoms with Gasteiger partial charge in [0.25, 0.3) is 0 Å². The predicted molar refractivity (Wildman–Crippen MR) is 96.0 cm³/mol. The summed E-state index contributed by atoms with van der Waals surface area (Å²) in [6, 6.07) is 8.45. The van der Waals surface area contributed by atoms with Gasteiger partial charge in [0.1, 0.15) is 5.65 Å². The number of pyridine rings is 2. The number of H-pyrrole nitrogens is 2. The number of nitrogens with one attached hydrogen (secondary N) is 2. The molecular formula is C19H15N3O3. The molecule has 0 radical (unpaired) electrons. The highest BCUT2D eigenvalue weighted by molar-refractivity contribution is 6.06. The summed E-state index contributed by atoms with van der Waals surface area (Å²) >= 11 is 0. The van der Waals surface area contributed by atoms with Crippen LogP contribution in [0.5, 0.6) is 0 Å². The molecule has 0 saturated carbocycles. The Labute approximate surface area is 142 Å². The van der Waals surface area contributed by atoms with Crippen molar-refractivity contribution >= 4 is 27.9 Å². The Morgan fingerprint density at radius 3 is 2.84 bits per heavy atom. The smallest absolute Gasteiger partial charge is 0.336 e. The SMILES string of the molecule is CCc1c[nH]c2ncc(-c3cccc4c(C(=O)O)cc(=O)[nH]c34)cc12. The Hall–Kier alpha value is -3.41. The number of hydrogen-bond donors (Lipinski definition) is 3. The molecule has 0 atom stereocenters. The van der Waals surface area contributed by atoms with Gasteiger partial charge in [-0.2, -0.15) is 0 Å². The van der Waals surface area contributed by atoms with Crippen molar-refractivity contribution in [3.8, 4) is 11.1 Å². The molecule has 124 valence electrons. The van der Waals surface area contributed by atoms with Gasteiger partial charge >= 0.3 is 5.97 Å². The summed E-state index contributed by atoms with van der Waals surface area (Å²) in [7, 11) is 0. The first-order chi connectivity index (χ1) is 12.1. The van der Waals surface area contributed by atoms with E-state index in [-0.39, 0.29) is 5.56 Å². The maximum absolute atomic E-state index is 11.9. The summed E-state index contributed by atoms with van der Waals surface area (Å²) in [6.07, 6.45) is 4.54. The van der Waals surface area contributed by atoms with E-state index in [9.17, 15) is 14.7 Å². The fourth-order valence-electron chi connectivity index (χ4n) is 3.19. The van der Waals surface area contributed by atoms with Crippen LogP contribution in [0.25, 0.3) is 33.1 Å². The number of carboxylic acids is 1. The number of carbonyl (C=O) groups is 1. The Bertz CT molecular complexity index is 1190. The molecule has 6 nitrogen and oxygen atoms in total. The van der Waals surface area contributed by atoms with Crippen molar-refractivity contribution in [1.82, 2.24) is 15.0 Å². The second-order valence-electron chi connectivity index (χ2n) is 5.87. The topological polar surface area (TPSA) is 98.8 Å². The van der Waals surface area contributed by atoms with Gasteiger partial charge in [0.2, 0.25) is 5.56 Å². The third kappa shape index (κ3) is 2.39. The van der Waals surface area contributed by atoms with Gasteiger partial charge in [-0.25, -0.2) is 9.78 Å². The van der Waals surface area contributed by atoms with Gasteiger partial charge in [-0.1, -0.05) is 25.1 Å². The van der Waals surface area contributed by atoms with Gasteiger partial charge < -0.3 is 15.1 Å². The number of nitrogens with zero attached hydrogens (tertiary/aromatic N) is 1. The number of aromatic carboxylic acids is 1. The molecule has 6 heteroatoms. The molecule has 3 aromatic heterocycles. The van der Waals surface area contributed by atoms with Crippen LogP contribution in [0.15, 0.2) is 47.5 Å². The Morgan fingerprint density at radius 1 is 1.24 bits per heavy atom. The maximum atomic E-state index is 11.9. The van der Waals surface area contributed by atoms with Gasteiger partial charge in [-0.15, -0.1) is 0 Å². The van der Waals surface area contributed by atoms with E-state index >= 15 is 0 Å². The van der Waals surface area contributed by atoms with Crippen molar-refractivity contribution < 1.29 is 9.90 Å². The van der Waals surface area contributed by atoms with Crippen LogP contribution in [0.3, 0.4) is 0 Å². The van der Waals surface area contributed by atoms with Crippen molar-refractivity contribution in [3.05, 3.63) is 64.2 Å². The zero-order chi connectivity index (χ0) is 17.6. The second-order valence-corrected chi connectivity index (χ2v) is 5.87. The van der Waals surface area contributed by atoms with Crippen LogP contribution in [0.1, 0.15) is 22.8 Å². The molecule has 0 fully saturated rings. The number of aromatic amines is 2. The molecule has 0 unspecified atom stereocenters. The molecule has 4 rings (SSSR count). The number of para-hydroxylation sites is 1. The summed E-state index contributed by atoms with van der Waals surface area (Å²) in [5.41, 5.74) is 3.58. The lowest BCUT2D eigenvalue weighted by molar-refractivity contribution is 0.0699. The molecule has 4 aromatic rings. The van der Waals surface area contributed by atoms with Gasteiger partial charge in [0, 0.05) is 40.4 Å². The molecule has 25 heavy (non-hydrogen) atoms. The summed E-state index contributed by atoms with van der Waals surface area (Å²) in [4.78, 5) is 33.8. The standard InChI is InChI=1S/C19H15N3O3/c1-2-10-8-20-18-14(10)6-11(9-21-18)12-4-3-5-13-15(19(24)25)7-16(23)22-17(12)13/h3-9H,2H2,1H3,(H,20,21)(H,22,23)(H,24,25). The monoisotopic (exact) mass is 333 g/mol. The molecule has 3 heterocycles. The minimum atomic E-state index is -1.12. The fraction of sp³-hybridized carbons (Fsp3) is 0.105. The summed E-state index contributed by atoms with van der Waals surface area (Å²) in [5, 5.41) is 10.9. The summed E-state index contributed by atoms with van der Waals surface area (Å²) in [6.45, 7) is 2.07. The van der Waals surface area contributed by atoms with Gasteiger partial charge in [0.05, 0.1) is 11.1 Å². The Kier molecular flexibility index (Phi) is 3.39. The quantitative estimate of drug-likeness (QED) is 0.535. The molecule has 3 N–H and O–H groups in total. The molecule has 1 aromatic carbocycles. The average Bonchev–Trinajstić information content (AvgIpc) is 3.02. The van der Waals surface area contributed by atoms with E-state index in [1.165, 1.54) is 0 Å². The van der Waals surface area contributed by atoms with Crippen LogP contribution in [0.2, 0.25) is 0 Å². The molecule has 0 aliphatic rings. The van der Waals surface area contributed by atoms with Gasteiger partial charge in [-0.05, 0) is 18.1 Å². The number of carboxylic acid groups (broad SMARTS) is 1. The lowest BCUT2D eigenvalue weighted by atomic mass is 9.99. The second kappa shape index (κ2) is 5.59. The predicted octanol–water partition coefficient (Wildman–Crippen LogP) is 3.33. The third-order valence-electron chi connectivity index (χ3n) is 4.42. The molecule has 0 spiro atoms. The number of rotatable bonds is 3. The minimum absolute atomic E-state index is 0.00877. The van der Waals surface area contributed by atoms with Crippen molar-refractivity contribution in [3.63, 3.8) is 0 Å². The first kappa shape index (κ1) is 15.1. The molecule has 0 amide bonds. The number of fused-ring (bicyclic) bond motifs is 2. The van der Waals surface area contributed by atoms with Crippen LogP contribution in [0.4, 0.5) is 0 Å². The normalized spacial score (nSPS) is 11.2. The van der Waals surface area contributed by atoms with Crippen LogP contribution in [0, 0.1) is 0 Å². The fourth-order valence-corrected chi connectivity index (χ4v) is 3.19. The van der Waals surface area contributed by atoms with Crippen LogP contribution in [-0.2, 0) is 6.42 Å². The largest absolute Gasteiger partial charge is 0.478 e. The maximum Gasteiger partial charge on any atom is 0.336 e. The Morgan fingerprint density at radius 2 is 2.08 bits per heavy atom. The van der Waals surface area contributed by atoms with Crippen molar-refractivity contribution in [1.29, 1.82) is 0 Å². The van der Waals surface area contributed by atoms with Crippen LogP contribution in [-0.4, -0.2) is 26.0 Å². The zero-order valence-electron chi connectivity index (χ0n) is 13.5. The number of aryl methyl sites for hydroxylation is 1. The van der Waals surface area contributed by atoms with E-state index in [4.69, 9.17) is 0 Å². The van der Waals surface area contributed by atoms with E-state index < -0.39 is 11.5 Å². The zero-order valence-corrected chi connectivity index (χ0v) is 13.5. The van der Waals surface area contributed by atoms with Crippen LogP contribution >= 0.6 is 0 Å². The Balaban J connectivity index is 2.04. The summed E-state index contributed by atoms with van der Waals surface area (Å²) in [5.74, 6) is -1.12. The highest BCUT2D eigenvalue weighted by Gasteiger charge is 2.14. The highest BCUT2D eigenvalue weighted by atomic mass is 16.4. The van der Waals surface area contributed by atoms with E-state index in [0.29, 0.717) is 10.9 Å². The first-order valence-electron chi connectivity index (χ1n) is 7.94. The minimum Gasteiger partial charge on any atom is -0.478 e. The molecule has 0 aliphatic heterocycles. The first-order valence-corrected chi connectivity index (χ1v) is 7.94. The molecule has 0 bridgehead atoms. The van der Waals surface area contributed by atoms with Crippen molar-refractivity contribution in [2.75, 3.05) is 0 Å². The van der Waals surface area contributed by atoms with E-state index in [2.05, 4.69) is 21.9 Å².